The Balaban J connectivity index is 1.76. The first kappa shape index (κ1) is 14.0. The van der Waals surface area contributed by atoms with Gasteiger partial charge < -0.3 is 10.3 Å². The number of carbonyl (C=O) groups excluding carboxylic acids is 1. The van der Waals surface area contributed by atoms with E-state index in [1.54, 1.807) is 24.5 Å². The van der Waals surface area contributed by atoms with Gasteiger partial charge in [0, 0.05) is 23.5 Å². The Kier molecular flexibility index (Phi) is 3.69. The van der Waals surface area contributed by atoms with Gasteiger partial charge in [-0.15, -0.1) is 0 Å². The second kappa shape index (κ2) is 5.80. The highest BCUT2D eigenvalue weighted by Crippen LogP contribution is 2.16. The molecule has 2 heterocycles. The Morgan fingerprint density at radius 1 is 1.36 bits per heavy atom. The molecular formula is C15H16N6O. The van der Waals surface area contributed by atoms with Gasteiger partial charge in [-0.25, -0.2) is 9.97 Å². The number of carbonyl (C=O) groups is 1. The van der Waals surface area contributed by atoms with Crippen molar-refractivity contribution < 1.29 is 4.79 Å². The van der Waals surface area contributed by atoms with E-state index in [0.29, 0.717) is 11.4 Å². The van der Waals surface area contributed by atoms with Crippen LogP contribution in [0.5, 0.6) is 0 Å². The van der Waals surface area contributed by atoms with E-state index < -0.39 is 0 Å². The molecule has 0 saturated heterocycles. The molecule has 112 valence electrons. The first-order valence-corrected chi connectivity index (χ1v) is 6.93. The normalized spacial score (nSPS) is 12.1. The molecule has 1 aromatic carbocycles. The molecule has 1 unspecified atom stereocenters. The molecule has 3 N–H and O–H groups in total. The van der Waals surface area contributed by atoms with E-state index in [-0.39, 0.29) is 11.9 Å². The summed E-state index contributed by atoms with van der Waals surface area (Å²) in [6.45, 7) is 3.66. The van der Waals surface area contributed by atoms with Gasteiger partial charge in [0.2, 0.25) is 0 Å². The Labute approximate surface area is 127 Å². The van der Waals surface area contributed by atoms with Gasteiger partial charge in [-0.3, -0.25) is 9.89 Å². The smallest absolute Gasteiger partial charge is 0.251 e. The molecule has 3 aromatic rings. The number of rotatable bonds is 4. The van der Waals surface area contributed by atoms with Crippen molar-refractivity contribution in [2.75, 3.05) is 0 Å². The number of aryl methyl sites for hydroxylation is 1. The van der Waals surface area contributed by atoms with Crippen molar-refractivity contribution >= 4 is 5.91 Å². The van der Waals surface area contributed by atoms with Gasteiger partial charge in [0.05, 0.1) is 6.04 Å². The fourth-order valence-electron chi connectivity index (χ4n) is 2.13. The number of nitrogens with one attached hydrogen (secondary N) is 3. The quantitative estimate of drug-likeness (QED) is 0.685. The van der Waals surface area contributed by atoms with Crippen molar-refractivity contribution in [1.82, 2.24) is 30.5 Å². The van der Waals surface area contributed by atoms with Crippen LogP contribution < -0.4 is 5.32 Å². The largest absolute Gasteiger partial charge is 0.345 e. The molecule has 2 aromatic heterocycles. The van der Waals surface area contributed by atoms with Crippen LogP contribution in [0.1, 0.15) is 35.0 Å². The average molecular weight is 296 g/mol. The van der Waals surface area contributed by atoms with Gasteiger partial charge in [0.15, 0.2) is 5.82 Å². The zero-order valence-corrected chi connectivity index (χ0v) is 12.3. The summed E-state index contributed by atoms with van der Waals surface area (Å²) < 4.78 is 0. The summed E-state index contributed by atoms with van der Waals surface area (Å²) in [4.78, 5) is 23.8. The van der Waals surface area contributed by atoms with E-state index in [9.17, 15) is 4.79 Å². The minimum Gasteiger partial charge on any atom is -0.345 e. The third kappa shape index (κ3) is 2.88. The van der Waals surface area contributed by atoms with E-state index in [2.05, 4.69) is 30.5 Å². The molecule has 1 atom stereocenters. The molecule has 0 fully saturated rings. The Morgan fingerprint density at radius 3 is 2.91 bits per heavy atom. The number of H-pyrrole nitrogens is 2. The van der Waals surface area contributed by atoms with Crippen LogP contribution in [0, 0.1) is 6.92 Å². The topological polar surface area (TPSA) is 99.3 Å². The molecule has 0 bridgehead atoms. The van der Waals surface area contributed by atoms with Crippen LogP contribution in [-0.2, 0) is 0 Å². The summed E-state index contributed by atoms with van der Waals surface area (Å²) in [5.74, 6) is 1.83. The van der Waals surface area contributed by atoms with Crippen LogP contribution in [0.3, 0.4) is 0 Å². The molecule has 0 aliphatic heterocycles. The number of nitrogens with zero attached hydrogens (tertiary/aromatic N) is 3. The maximum absolute atomic E-state index is 12.3. The van der Waals surface area contributed by atoms with E-state index in [4.69, 9.17) is 0 Å². The predicted molar refractivity (Wildman–Crippen MR) is 81.0 cm³/mol. The maximum atomic E-state index is 12.3. The molecule has 7 heteroatoms. The van der Waals surface area contributed by atoms with Crippen LogP contribution in [0.15, 0.2) is 36.7 Å². The van der Waals surface area contributed by atoms with Crippen molar-refractivity contribution in [3.8, 4) is 11.4 Å². The third-order valence-corrected chi connectivity index (χ3v) is 3.25. The standard InChI is InChI=1S/C15H16N6O/c1-9(13-19-10(2)20-21-13)18-15(22)12-5-3-4-11(8-12)14-16-6-7-17-14/h3-9H,1-2H3,(H,16,17)(H,18,22)(H,19,20,21). The Morgan fingerprint density at radius 2 is 2.23 bits per heavy atom. The lowest BCUT2D eigenvalue weighted by Crippen LogP contribution is -2.27. The van der Waals surface area contributed by atoms with Crippen LogP contribution >= 0.6 is 0 Å². The summed E-state index contributed by atoms with van der Waals surface area (Å²) >= 11 is 0. The van der Waals surface area contributed by atoms with Crippen molar-refractivity contribution in [2.45, 2.75) is 19.9 Å². The molecule has 7 nitrogen and oxygen atoms in total. The molecule has 0 radical (unpaired) electrons. The average Bonchev–Trinajstić information content (AvgIpc) is 3.18. The van der Waals surface area contributed by atoms with E-state index >= 15 is 0 Å². The second-order valence-corrected chi connectivity index (χ2v) is 4.99. The summed E-state index contributed by atoms with van der Waals surface area (Å²) in [7, 11) is 0. The molecule has 22 heavy (non-hydrogen) atoms. The number of hydrogen-bond acceptors (Lipinski definition) is 4. The summed E-state index contributed by atoms with van der Waals surface area (Å²) in [5, 5.41) is 9.70. The number of aromatic nitrogens is 5. The van der Waals surface area contributed by atoms with Crippen molar-refractivity contribution in [1.29, 1.82) is 0 Å². The fourth-order valence-corrected chi connectivity index (χ4v) is 2.13. The van der Waals surface area contributed by atoms with Crippen molar-refractivity contribution in [3.05, 3.63) is 53.9 Å². The lowest BCUT2D eigenvalue weighted by molar-refractivity contribution is 0.0938. The number of aromatic amines is 2. The fraction of sp³-hybridized carbons (Fsp3) is 0.200. The van der Waals surface area contributed by atoms with Gasteiger partial charge in [-0.05, 0) is 26.0 Å². The molecule has 3 rings (SSSR count). The lowest BCUT2D eigenvalue weighted by Gasteiger charge is -2.11. The lowest BCUT2D eigenvalue weighted by atomic mass is 10.1. The molecule has 0 saturated carbocycles. The number of hydrogen-bond donors (Lipinski definition) is 3. The minimum absolute atomic E-state index is 0.177. The zero-order valence-electron chi connectivity index (χ0n) is 12.3. The zero-order chi connectivity index (χ0) is 15.5. The van der Waals surface area contributed by atoms with Crippen LogP contribution in [0.4, 0.5) is 0 Å². The van der Waals surface area contributed by atoms with Gasteiger partial charge in [0.25, 0.3) is 5.91 Å². The van der Waals surface area contributed by atoms with Gasteiger partial charge >= 0.3 is 0 Å². The van der Waals surface area contributed by atoms with E-state index in [0.717, 1.165) is 17.2 Å². The van der Waals surface area contributed by atoms with Gasteiger partial charge in [-0.2, -0.15) is 5.10 Å². The van der Waals surface area contributed by atoms with Crippen molar-refractivity contribution in [3.63, 3.8) is 0 Å². The highest BCUT2D eigenvalue weighted by molar-refractivity contribution is 5.95. The molecular weight excluding hydrogens is 280 g/mol. The number of imidazole rings is 1. The van der Waals surface area contributed by atoms with Crippen LogP contribution in [0.25, 0.3) is 11.4 Å². The number of benzene rings is 1. The minimum atomic E-state index is -0.273. The predicted octanol–water partition coefficient (Wildman–Crippen LogP) is 1.99. The molecule has 0 aliphatic rings. The van der Waals surface area contributed by atoms with Crippen LogP contribution in [0.2, 0.25) is 0 Å². The van der Waals surface area contributed by atoms with Gasteiger partial charge in [-0.1, -0.05) is 12.1 Å². The maximum Gasteiger partial charge on any atom is 0.251 e. The summed E-state index contributed by atoms with van der Waals surface area (Å²) in [5.41, 5.74) is 1.42. The molecule has 1 amide bonds. The Hall–Kier alpha value is -2.96. The third-order valence-electron chi connectivity index (χ3n) is 3.25. The number of amides is 1. The molecule has 0 spiro atoms. The summed E-state index contributed by atoms with van der Waals surface area (Å²) in [6.07, 6.45) is 3.42. The first-order valence-electron chi connectivity index (χ1n) is 6.93. The van der Waals surface area contributed by atoms with E-state index in [1.807, 2.05) is 26.0 Å². The van der Waals surface area contributed by atoms with Crippen molar-refractivity contribution in [2.24, 2.45) is 0 Å². The summed E-state index contributed by atoms with van der Waals surface area (Å²) in [6, 6.07) is 7.01. The SMILES string of the molecule is Cc1nc(C(C)NC(=O)c2cccc(-c3ncc[nH]3)c2)n[nH]1. The highest BCUT2D eigenvalue weighted by atomic mass is 16.1. The second-order valence-electron chi connectivity index (χ2n) is 4.99. The Bertz CT molecular complexity index is 777. The monoisotopic (exact) mass is 296 g/mol. The molecule has 0 aliphatic carbocycles. The van der Waals surface area contributed by atoms with E-state index in [1.165, 1.54) is 0 Å². The highest BCUT2D eigenvalue weighted by Gasteiger charge is 2.15. The van der Waals surface area contributed by atoms with Gasteiger partial charge in [0.1, 0.15) is 11.6 Å². The van der Waals surface area contributed by atoms with Crippen LogP contribution in [-0.4, -0.2) is 31.1 Å². The first-order chi connectivity index (χ1) is 10.6.